The summed E-state index contributed by atoms with van der Waals surface area (Å²) in [4.78, 5) is 0. The molecule has 1 saturated heterocycles. The van der Waals surface area contributed by atoms with E-state index in [0.29, 0.717) is 12.0 Å². The van der Waals surface area contributed by atoms with E-state index in [4.69, 9.17) is 4.74 Å². The Morgan fingerprint density at radius 3 is 3.20 bits per heavy atom. The van der Waals surface area contributed by atoms with Gasteiger partial charge in [0.2, 0.25) is 0 Å². The fourth-order valence-corrected chi connectivity index (χ4v) is 1.94. The predicted molar refractivity (Wildman–Crippen MR) is 58.6 cm³/mol. The summed E-state index contributed by atoms with van der Waals surface area (Å²) in [7, 11) is 0. The fraction of sp³-hybridized carbons (Fsp3) is 0.727. The summed E-state index contributed by atoms with van der Waals surface area (Å²) >= 11 is 0. The van der Waals surface area contributed by atoms with Crippen LogP contribution in [-0.2, 0) is 11.3 Å². The Bertz CT molecular complexity index is 305. The van der Waals surface area contributed by atoms with Gasteiger partial charge in [0.25, 0.3) is 0 Å². The molecular weight excluding hydrogens is 190 g/mol. The molecule has 4 heteroatoms. The number of aromatic amines is 1. The van der Waals surface area contributed by atoms with Gasteiger partial charge in [-0.1, -0.05) is 0 Å². The number of ether oxygens (including phenoxy) is 1. The van der Waals surface area contributed by atoms with E-state index >= 15 is 0 Å². The third kappa shape index (κ3) is 2.58. The van der Waals surface area contributed by atoms with Gasteiger partial charge in [0.05, 0.1) is 12.8 Å². The van der Waals surface area contributed by atoms with Crippen molar-refractivity contribution in [3.63, 3.8) is 0 Å². The molecular formula is C11H19N3O. The Morgan fingerprint density at radius 2 is 2.60 bits per heavy atom. The van der Waals surface area contributed by atoms with Crippen LogP contribution in [0.2, 0.25) is 0 Å². The molecule has 1 aromatic heterocycles. The van der Waals surface area contributed by atoms with Crippen LogP contribution in [0.4, 0.5) is 0 Å². The second-order valence-electron chi connectivity index (χ2n) is 4.31. The summed E-state index contributed by atoms with van der Waals surface area (Å²) in [5, 5.41) is 10.5. The van der Waals surface area contributed by atoms with Gasteiger partial charge in [0.1, 0.15) is 0 Å². The first-order valence-corrected chi connectivity index (χ1v) is 5.57. The van der Waals surface area contributed by atoms with E-state index in [0.717, 1.165) is 25.5 Å². The molecule has 2 heterocycles. The zero-order valence-electron chi connectivity index (χ0n) is 9.42. The molecule has 84 valence electrons. The number of hydrogen-bond acceptors (Lipinski definition) is 3. The lowest BCUT2D eigenvalue weighted by molar-refractivity contribution is 0.178. The first-order chi connectivity index (χ1) is 7.27. The van der Waals surface area contributed by atoms with Gasteiger partial charge in [-0.05, 0) is 26.2 Å². The SMILES string of the molecule is Cc1[nH]ncc1CNC(C)C1CCOC1. The second-order valence-corrected chi connectivity index (χ2v) is 4.31. The van der Waals surface area contributed by atoms with Crippen LogP contribution < -0.4 is 5.32 Å². The largest absolute Gasteiger partial charge is 0.381 e. The quantitative estimate of drug-likeness (QED) is 0.784. The van der Waals surface area contributed by atoms with Crippen molar-refractivity contribution in [2.45, 2.75) is 32.9 Å². The third-order valence-electron chi connectivity index (χ3n) is 3.22. The number of nitrogens with one attached hydrogen (secondary N) is 2. The molecule has 0 aromatic carbocycles. The van der Waals surface area contributed by atoms with E-state index in [1.807, 2.05) is 13.1 Å². The Morgan fingerprint density at radius 1 is 1.73 bits per heavy atom. The van der Waals surface area contributed by atoms with Crippen molar-refractivity contribution in [2.75, 3.05) is 13.2 Å². The van der Waals surface area contributed by atoms with Crippen molar-refractivity contribution in [3.8, 4) is 0 Å². The number of hydrogen-bond donors (Lipinski definition) is 2. The normalized spacial score (nSPS) is 23.2. The second kappa shape index (κ2) is 4.77. The van der Waals surface area contributed by atoms with E-state index in [9.17, 15) is 0 Å². The van der Waals surface area contributed by atoms with Crippen LogP contribution in [0.5, 0.6) is 0 Å². The number of nitrogens with zero attached hydrogens (tertiary/aromatic N) is 1. The van der Waals surface area contributed by atoms with Gasteiger partial charge < -0.3 is 10.1 Å². The van der Waals surface area contributed by atoms with Gasteiger partial charge in [0.15, 0.2) is 0 Å². The Labute approximate surface area is 90.4 Å². The molecule has 0 spiro atoms. The first kappa shape index (κ1) is 10.6. The highest BCUT2D eigenvalue weighted by atomic mass is 16.5. The topological polar surface area (TPSA) is 49.9 Å². The molecule has 1 aromatic rings. The van der Waals surface area contributed by atoms with Gasteiger partial charge >= 0.3 is 0 Å². The Hall–Kier alpha value is -0.870. The summed E-state index contributed by atoms with van der Waals surface area (Å²) in [6, 6.07) is 0.516. The van der Waals surface area contributed by atoms with Crippen molar-refractivity contribution in [2.24, 2.45) is 5.92 Å². The maximum atomic E-state index is 5.38. The molecule has 15 heavy (non-hydrogen) atoms. The summed E-state index contributed by atoms with van der Waals surface area (Å²) in [5.41, 5.74) is 2.40. The van der Waals surface area contributed by atoms with E-state index in [1.54, 1.807) is 0 Å². The maximum Gasteiger partial charge on any atom is 0.0535 e. The zero-order chi connectivity index (χ0) is 10.7. The van der Waals surface area contributed by atoms with Crippen molar-refractivity contribution in [1.82, 2.24) is 15.5 Å². The molecule has 0 amide bonds. The van der Waals surface area contributed by atoms with Crippen LogP contribution >= 0.6 is 0 Å². The lowest BCUT2D eigenvalue weighted by Gasteiger charge is -2.18. The summed E-state index contributed by atoms with van der Waals surface area (Å²) in [6.07, 6.45) is 3.07. The number of aryl methyl sites for hydroxylation is 1. The van der Waals surface area contributed by atoms with E-state index in [-0.39, 0.29) is 0 Å². The van der Waals surface area contributed by atoms with Gasteiger partial charge in [0, 0.05) is 30.5 Å². The predicted octanol–water partition coefficient (Wildman–Crippen LogP) is 1.23. The van der Waals surface area contributed by atoms with Crippen LogP contribution in [-0.4, -0.2) is 29.5 Å². The molecule has 2 N–H and O–H groups in total. The molecule has 0 radical (unpaired) electrons. The molecule has 0 saturated carbocycles. The molecule has 4 nitrogen and oxygen atoms in total. The molecule has 2 atom stereocenters. The molecule has 1 aliphatic heterocycles. The highest BCUT2D eigenvalue weighted by molar-refractivity contribution is 5.13. The average molecular weight is 209 g/mol. The summed E-state index contributed by atoms with van der Waals surface area (Å²) < 4.78 is 5.38. The number of rotatable bonds is 4. The lowest BCUT2D eigenvalue weighted by atomic mass is 10.0. The molecule has 0 aliphatic carbocycles. The minimum Gasteiger partial charge on any atom is -0.381 e. The van der Waals surface area contributed by atoms with Crippen LogP contribution in [0.1, 0.15) is 24.6 Å². The van der Waals surface area contributed by atoms with Crippen molar-refractivity contribution in [1.29, 1.82) is 0 Å². The van der Waals surface area contributed by atoms with E-state index in [1.165, 1.54) is 12.0 Å². The summed E-state index contributed by atoms with van der Waals surface area (Å²) in [5.74, 6) is 0.664. The van der Waals surface area contributed by atoms with Gasteiger partial charge in [-0.3, -0.25) is 5.10 Å². The molecule has 2 unspecified atom stereocenters. The highest BCUT2D eigenvalue weighted by Gasteiger charge is 2.21. The maximum absolute atomic E-state index is 5.38. The van der Waals surface area contributed by atoms with E-state index < -0.39 is 0 Å². The lowest BCUT2D eigenvalue weighted by Crippen LogP contribution is -2.33. The molecule has 2 rings (SSSR count). The molecule has 1 fully saturated rings. The van der Waals surface area contributed by atoms with E-state index in [2.05, 4.69) is 22.4 Å². The minimum atomic E-state index is 0.516. The first-order valence-electron chi connectivity index (χ1n) is 5.57. The average Bonchev–Trinajstić information content (AvgIpc) is 2.85. The number of aromatic nitrogens is 2. The Kier molecular flexibility index (Phi) is 3.38. The van der Waals surface area contributed by atoms with Crippen molar-refractivity contribution >= 4 is 0 Å². The minimum absolute atomic E-state index is 0.516. The molecule has 0 bridgehead atoms. The van der Waals surface area contributed by atoms with Gasteiger partial charge in [-0.25, -0.2) is 0 Å². The van der Waals surface area contributed by atoms with Crippen LogP contribution in [0.25, 0.3) is 0 Å². The monoisotopic (exact) mass is 209 g/mol. The fourth-order valence-electron chi connectivity index (χ4n) is 1.94. The summed E-state index contributed by atoms with van der Waals surface area (Å²) in [6.45, 7) is 6.99. The highest BCUT2D eigenvalue weighted by Crippen LogP contribution is 2.16. The van der Waals surface area contributed by atoms with Gasteiger partial charge in [-0.15, -0.1) is 0 Å². The Balaban J connectivity index is 1.80. The van der Waals surface area contributed by atoms with Crippen LogP contribution in [0.15, 0.2) is 6.20 Å². The van der Waals surface area contributed by atoms with Crippen LogP contribution in [0.3, 0.4) is 0 Å². The van der Waals surface area contributed by atoms with Crippen molar-refractivity contribution in [3.05, 3.63) is 17.5 Å². The third-order valence-corrected chi connectivity index (χ3v) is 3.22. The number of H-pyrrole nitrogens is 1. The standard InChI is InChI=1S/C11H19N3O/c1-8(10-3-4-15-7-10)12-5-11-6-13-14-9(11)2/h6,8,10,12H,3-5,7H2,1-2H3,(H,13,14). The zero-order valence-corrected chi connectivity index (χ0v) is 9.42. The van der Waals surface area contributed by atoms with Crippen LogP contribution in [0, 0.1) is 12.8 Å². The smallest absolute Gasteiger partial charge is 0.0535 e. The van der Waals surface area contributed by atoms with Gasteiger partial charge in [-0.2, -0.15) is 5.10 Å². The van der Waals surface area contributed by atoms with Crippen molar-refractivity contribution < 1.29 is 4.74 Å². The molecule has 1 aliphatic rings.